The molecule has 1 fully saturated rings. The van der Waals surface area contributed by atoms with Gasteiger partial charge in [-0.05, 0) is 72.7 Å². The van der Waals surface area contributed by atoms with Gasteiger partial charge in [0.1, 0.15) is 17.1 Å². The molecular formula is C27H21Cl2N3O6. The number of nitrogens with one attached hydrogen (secondary N) is 2. The van der Waals surface area contributed by atoms with Gasteiger partial charge in [-0.15, -0.1) is 0 Å². The van der Waals surface area contributed by atoms with Crippen molar-refractivity contribution in [3.05, 3.63) is 87.4 Å². The summed E-state index contributed by atoms with van der Waals surface area (Å²) >= 11 is 12.4. The van der Waals surface area contributed by atoms with E-state index in [1.54, 1.807) is 56.5 Å². The lowest BCUT2D eigenvalue weighted by molar-refractivity contribution is -0.122. The Bertz CT molecular complexity index is 1470. The molecule has 0 atom stereocenters. The van der Waals surface area contributed by atoms with Crippen LogP contribution in [0.3, 0.4) is 0 Å². The number of nitrogens with zero attached hydrogens (tertiary/aromatic N) is 1. The number of hydrogen-bond donors (Lipinski definition) is 2. The van der Waals surface area contributed by atoms with Gasteiger partial charge < -0.3 is 14.8 Å². The first kappa shape index (κ1) is 26.7. The largest absolute Gasteiger partial charge is 0.497 e. The number of rotatable bonds is 7. The maximum absolute atomic E-state index is 13.2. The van der Waals surface area contributed by atoms with Gasteiger partial charge in [0.25, 0.3) is 17.7 Å². The number of halogens is 2. The van der Waals surface area contributed by atoms with Crippen molar-refractivity contribution < 1.29 is 28.7 Å². The van der Waals surface area contributed by atoms with Gasteiger partial charge in [-0.2, -0.15) is 0 Å². The molecule has 1 saturated heterocycles. The highest BCUT2D eigenvalue weighted by Gasteiger charge is 2.37. The third-order valence-electron chi connectivity index (χ3n) is 5.51. The van der Waals surface area contributed by atoms with E-state index in [1.807, 2.05) is 0 Å². The van der Waals surface area contributed by atoms with Gasteiger partial charge in [0.2, 0.25) is 0 Å². The summed E-state index contributed by atoms with van der Waals surface area (Å²) in [6.07, 6.45) is 1.31. The van der Waals surface area contributed by atoms with Crippen molar-refractivity contribution in [3.63, 3.8) is 0 Å². The van der Waals surface area contributed by atoms with Crippen LogP contribution in [0, 0.1) is 6.92 Å². The smallest absolute Gasteiger partial charge is 0.335 e. The van der Waals surface area contributed by atoms with Gasteiger partial charge in [0, 0.05) is 10.7 Å². The third kappa shape index (κ3) is 5.96. The fourth-order valence-corrected chi connectivity index (χ4v) is 4.01. The normalized spacial score (nSPS) is 14.4. The van der Waals surface area contributed by atoms with E-state index in [4.69, 9.17) is 32.7 Å². The molecule has 3 aromatic carbocycles. The number of anilines is 2. The monoisotopic (exact) mass is 553 g/mol. The Balaban J connectivity index is 1.47. The van der Waals surface area contributed by atoms with Gasteiger partial charge in [-0.25, -0.2) is 9.69 Å². The first-order valence-corrected chi connectivity index (χ1v) is 12.0. The van der Waals surface area contributed by atoms with Crippen LogP contribution in [0.5, 0.6) is 11.5 Å². The quantitative estimate of drug-likeness (QED) is 0.314. The Kier molecular flexibility index (Phi) is 7.99. The van der Waals surface area contributed by atoms with Crippen LogP contribution in [0.4, 0.5) is 16.2 Å². The van der Waals surface area contributed by atoms with E-state index in [0.717, 1.165) is 4.90 Å². The van der Waals surface area contributed by atoms with Crippen LogP contribution < -0.4 is 25.0 Å². The number of aryl methyl sites for hydroxylation is 1. The summed E-state index contributed by atoms with van der Waals surface area (Å²) in [5.74, 6) is -1.17. The molecule has 3 aromatic rings. The van der Waals surface area contributed by atoms with Crippen molar-refractivity contribution in [3.8, 4) is 11.5 Å². The Morgan fingerprint density at radius 3 is 2.45 bits per heavy atom. The van der Waals surface area contributed by atoms with Gasteiger partial charge in [0.15, 0.2) is 6.61 Å². The van der Waals surface area contributed by atoms with Crippen molar-refractivity contribution in [2.24, 2.45) is 0 Å². The average molecular weight is 554 g/mol. The first-order chi connectivity index (χ1) is 18.2. The number of carbonyl (C=O) groups excluding carboxylic acids is 4. The second-order valence-electron chi connectivity index (χ2n) is 8.14. The second kappa shape index (κ2) is 11.4. The number of amides is 5. The summed E-state index contributed by atoms with van der Waals surface area (Å²) in [6.45, 7) is 1.41. The van der Waals surface area contributed by atoms with E-state index in [2.05, 4.69) is 10.6 Å². The van der Waals surface area contributed by atoms with Crippen molar-refractivity contribution in [1.82, 2.24) is 5.32 Å². The Labute approximate surface area is 227 Å². The molecule has 4 rings (SSSR count). The molecule has 5 amide bonds. The topological polar surface area (TPSA) is 114 Å². The summed E-state index contributed by atoms with van der Waals surface area (Å²) in [6, 6.07) is 15.2. The second-order valence-corrected chi connectivity index (χ2v) is 8.99. The molecule has 0 spiro atoms. The number of benzene rings is 3. The lowest BCUT2D eigenvalue weighted by Crippen LogP contribution is -2.54. The maximum atomic E-state index is 13.2. The molecule has 1 aliphatic heterocycles. The number of carbonyl (C=O) groups is 4. The van der Waals surface area contributed by atoms with Gasteiger partial charge in [-0.1, -0.05) is 35.3 Å². The number of hydrogen-bond acceptors (Lipinski definition) is 6. The molecule has 2 N–H and O–H groups in total. The lowest BCUT2D eigenvalue weighted by atomic mass is 10.1. The molecule has 0 saturated carbocycles. The molecule has 0 unspecified atom stereocenters. The maximum Gasteiger partial charge on any atom is 0.335 e. The summed E-state index contributed by atoms with van der Waals surface area (Å²) in [5.41, 5.74) is 1.58. The number of ether oxygens (including phenoxy) is 2. The van der Waals surface area contributed by atoms with E-state index < -0.39 is 23.8 Å². The summed E-state index contributed by atoms with van der Waals surface area (Å²) in [7, 11) is 1.55. The minimum atomic E-state index is -0.878. The summed E-state index contributed by atoms with van der Waals surface area (Å²) in [5, 5.41) is 5.34. The molecule has 0 aromatic heterocycles. The SMILES string of the molecule is COc1ccc(NC(=O)COc2ccc(/C=C3\C(=O)NC(=O)N(c4cc(Cl)ccc4C)C3=O)cc2Cl)cc1. The minimum Gasteiger partial charge on any atom is -0.497 e. The predicted molar refractivity (Wildman–Crippen MR) is 144 cm³/mol. The fraction of sp³-hybridized carbons (Fsp3) is 0.111. The van der Waals surface area contributed by atoms with E-state index in [1.165, 1.54) is 24.3 Å². The molecule has 38 heavy (non-hydrogen) atoms. The van der Waals surface area contributed by atoms with Crippen LogP contribution in [0.1, 0.15) is 11.1 Å². The zero-order chi connectivity index (χ0) is 27.4. The number of barbiturate groups is 1. The fourth-order valence-electron chi connectivity index (χ4n) is 3.61. The highest BCUT2D eigenvalue weighted by Crippen LogP contribution is 2.30. The third-order valence-corrected chi connectivity index (χ3v) is 6.04. The first-order valence-electron chi connectivity index (χ1n) is 11.2. The minimum absolute atomic E-state index is 0.152. The Morgan fingerprint density at radius 2 is 1.76 bits per heavy atom. The van der Waals surface area contributed by atoms with Crippen molar-refractivity contribution in [1.29, 1.82) is 0 Å². The molecule has 0 aliphatic carbocycles. The van der Waals surface area contributed by atoms with Crippen LogP contribution in [-0.4, -0.2) is 37.5 Å². The van der Waals surface area contributed by atoms with E-state index in [9.17, 15) is 19.2 Å². The zero-order valence-corrected chi connectivity index (χ0v) is 21.7. The van der Waals surface area contributed by atoms with Gasteiger partial charge in [-0.3, -0.25) is 19.7 Å². The Hall–Kier alpha value is -4.34. The average Bonchev–Trinajstić information content (AvgIpc) is 2.88. The van der Waals surface area contributed by atoms with Crippen molar-refractivity contribution in [2.45, 2.75) is 6.92 Å². The van der Waals surface area contributed by atoms with Gasteiger partial charge in [0.05, 0.1) is 17.8 Å². The molecule has 11 heteroatoms. The molecule has 9 nitrogen and oxygen atoms in total. The number of urea groups is 1. The molecular weight excluding hydrogens is 533 g/mol. The van der Waals surface area contributed by atoms with Crippen LogP contribution in [-0.2, 0) is 14.4 Å². The van der Waals surface area contributed by atoms with Crippen LogP contribution >= 0.6 is 23.2 Å². The van der Waals surface area contributed by atoms with E-state index >= 15 is 0 Å². The van der Waals surface area contributed by atoms with Crippen LogP contribution in [0.2, 0.25) is 10.0 Å². The predicted octanol–water partition coefficient (Wildman–Crippen LogP) is 4.99. The van der Waals surface area contributed by atoms with Crippen molar-refractivity contribution >= 4 is 64.4 Å². The standard InChI is InChI=1S/C27H21Cl2N3O6/c1-15-3-5-17(28)13-22(15)32-26(35)20(25(34)31-27(32)36)11-16-4-10-23(21(29)12-16)38-14-24(33)30-18-6-8-19(37-2)9-7-18/h3-13H,14H2,1-2H3,(H,30,33)(H,31,34,36)/b20-11+. The Morgan fingerprint density at radius 1 is 1.03 bits per heavy atom. The summed E-state index contributed by atoms with van der Waals surface area (Å²) in [4.78, 5) is 51.2. The summed E-state index contributed by atoms with van der Waals surface area (Å²) < 4.78 is 10.6. The zero-order valence-electron chi connectivity index (χ0n) is 20.2. The molecule has 194 valence electrons. The number of imide groups is 2. The van der Waals surface area contributed by atoms with Gasteiger partial charge >= 0.3 is 6.03 Å². The van der Waals surface area contributed by atoms with E-state index in [-0.39, 0.29) is 28.6 Å². The molecule has 1 aliphatic rings. The highest BCUT2D eigenvalue weighted by atomic mass is 35.5. The number of methoxy groups -OCH3 is 1. The van der Waals surface area contributed by atoms with Crippen LogP contribution in [0.25, 0.3) is 6.08 Å². The molecule has 1 heterocycles. The van der Waals surface area contributed by atoms with Crippen LogP contribution in [0.15, 0.2) is 66.2 Å². The lowest BCUT2D eigenvalue weighted by Gasteiger charge is -2.27. The van der Waals surface area contributed by atoms with Crippen molar-refractivity contribution in [2.75, 3.05) is 23.9 Å². The van der Waals surface area contributed by atoms with E-state index in [0.29, 0.717) is 27.6 Å². The molecule has 0 bridgehead atoms. The highest BCUT2D eigenvalue weighted by molar-refractivity contribution is 6.40. The molecule has 0 radical (unpaired) electrons.